The quantitative estimate of drug-likeness (QED) is 0.415. The van der Waals surface area contributed by atoms with E-state index in [0.29, 0.717) is 5.02 Å². The first-order chi connectivity index (χ1) is 15.4. The van der Waals surface area contributed by atoms with Crippen molar-refractivity contribution in [2.24, 2.45) is 11.7 Å². The van der Waals surface area contributed by atoms with Crippen LogP contribution in [0.3, 0.4) is 0 Å². The lowest BCUT2D eigenvalue weighted by Crippen LogP contribution is -2.27. The summed E-state index contributed by atoms with van der Waals surface area (Å²) in [5.74, 6) is 8.36. The molecule has 3 aromatic rings. The van der Waals surface area contributed by atoms with Crippen LogP contribution in [0.25, 0.3) is 11.3 Å². The second-order valence-electron chi connectivity index (χ2n) is 8.72. The molecule has 1 saturated carbocycles. The minimum Gasteiger partial charge on any atom is -0.496 e. The highest BCUT2D eigenvalue weighted by molar-refractivity contribution is 7.12. The SMILES string of the molecule is COc1cc(Cl)c(-c2nc(C#C[C@@H](N)C(CC3CC3)c3ccc(C)cc3)sc2C)cc1C. The van der Waals surface area contributed by atoms with Gasteiger partial charge in [-0.1, -0.05) is 60.2 Å². The Hall–Kier alpha value is -2.32. The molecule has 2 N–H and O–H groups in total. The van der Waals surface area contributed by atoms with Crippen molar-refractivity contribution in [1.29, 1.82) is 0 Å². The van der Waals surface area contributed by atoms with Gasteiger partial charge in [-0.25, -0.2) is 4.98 Å². The van der Waals surface area contributed by atoms with Crippen LogP contribution in [0.1, 0.15) is 51.8 Å². The second kappa shape index (κ2) is 9.67. The van der Waals surface area contributed by atoms with E-state index in [2.05, 4.69) is 50.0 Å². The molecule has 0 spiro atoms. The molecule has 3 nitrogen and oxygen atoms in total. The first-order valence-corrected chi connectivity index (χ1v) is 12.2. The Bertz CT molecular complexity index is 1170. The van der Waals surface area contributed by atoms with E-state index in [1.54, 1.807) is 18.4 Å². The number of halogens is 1. The maximum absolute atomic E-state index is 6.61. The van der Waals surface area contributed by atoms with Crippen LogP contribution in [-0.4, -0.2) is 18.1 Å². The number of hydrogen-bond donors (Lipinski definition) is 1. The third-order valence-electron chi connectivity index (χ3n) is 6.11. The van der Waals surface area contributed by atoms with E-state index in [1.165, 1.54) is 24.0 Å². The van der Waals surface area contributed by atoms with E-state index in [1.807, 2.05) is 19.1 Å². The lowest BCUT2D eigenvalue weighted by Gasteiger charge is -2.20. The fourth-order valence-electron chi connectivity index (χ4n) is 4.03. The minimum absolute atomic E-state index is 0.224. The number of rotatable bonds is 6. The Balaban J connectivity index is 1.59. The van der Waals surface area contributed by atoms with Crippen LogP contribution in [-0.2, 0) is 0 Å². The third-order valence-corrected chi connectivity index (χ3v) is 7.30. The molecular weight excluding hydrogens is 436 g/mol. The maximum atomic E-state index is 6.61. The number of hydrogen-bond acceptors (Lipinski definition) is 4. The van der Waals surface area contributed by atoms with Crippen LogP contribution < -0.4 is 10.5 Å². The molecule has 1 aliphatic carbocycles. The van der Waals surface area contributed by atoms with Crippen molar-refractivity contribution in [2.45, 2.75) is 52.0 Å². The topological polar surface area (TPSA) is 48.1 Å². The van der Waals surface area contributed by atoms with Crippen molar-refractivity contribution < 1.29 is 4.74 Å². The van der Waals surface area contributed by atoms with E-state index in [9.17, 15) is 0 Å². The van der Waals surface area contributed by atoms with Crippen molar-refractivity contribution in [3.8, 4) is 28.8 Å². The van der Waals surface area contributed by atoms with Gasteiger partial charge in [0.05, 0.1) is 23.9 Å². The van der Waals surface area contributed by atoms with Crippen molar-refractivity contribution in [3.63, 3.8) is 0 Å². The Morgan fingerprint density at radius 2 is 1.91 bits per heavy atom. The standard InChI is InChI=1S/C27H29ClN2OS/c1-16-5-9-20(10-6-16)21(14-19-7-8-19)24(29)11-12-26-30-27(18(3)32-26)22-13-17(2)25(31-4)15-23(22)28/h5-6,9-10,13,15,19,21,24H,7-8,14,29H2,1-4H3/t21?,24-/m1/s1. The average molecular weight is 465 g/mol. The van der Waals surface area contributed by atoms with Crippen molar-refractivity contribution in [3.05, 3.63) is 68.0 Å². The lowest BCUT2D eigenvalue weighted by atomic mass is 9.87. The fraction of sp³-hybridized carbons (Fsp3) is 0.370. The second-order valence-corrected chi connectivity index (χ2v) is 10.3. The summed E-state index contributed by atoms with van der Waals surface area (Å²) < 4.78 is 5.38. The summed E-state index contributed by atoms with van der Waals surface area (Å²) in [7, 11) is 1.65. The molecular formula is C27H29ClN2OS. The first-order valence-electron chi connectivity index (χ1n) is 11.0. The van der Waals surface area contributed by atoms with E-state index < -0.39 is 0 Å². The van der Waals surface area contributed by atoms with Gasteiger partial charge in [0.25, 0.3) is 0 Å². The largest absolute Gasteiger partial charge is 0.496 e. The van der Waals surface area contributed by atoms with Gasteiger partial charge in [-0.15, -0.1) is 11.3 Å². The van der Waals surface area contributed by atoms with E-state index in [4.69, 9.17) is 27.1 Å². The van der Waals surface area contributed by atoms with Gasteiger partial charge < -0.3 is 10.5 Å². The van der Waals surface area contributed by atoms with Crippen molar-refractivity contribution in [2.75, 3.05) is 7.11 Å². The van der Waals surface area contributed by atoms with Crippen LogP contribution in [0.4, 0.5) is 0 Å². The molecule has 0 amide bonds. The Morgan fingerprint density at radius 3 is 2.56 bits per heavy atom. The molecule has 2 atom stereocenters. The highest BCUT2D eigenvalue weighted by Crippen LogP contribution is 2.40. The summed E-state index contributed by atoms with van der Waals surface area (Å²) in [6, 6.07) is 12.4. The van der Waals surface area contributed by atoms with Gasteiger partial charge in [-0.05, 0) is 62.3 Å². The predicted octanol–water partition coefficient (Wildman–Crippen LogP) is 6.66. The Morgan fingerprint density at radius 1 is 1.19 bits per heavy atom. The van der Waals surface area contributed by atoms with Crippen molar-refractivity contribution in [1.82, 2.24) is 4.98 Å². The van der Waals surface area contributed by atoms with E-state index in [0.717, 1.165) is 44.8 Å². The molecule has 1 heterocycles. The average Bonchev–Trinajstić information content (AvgIpc) is 3.52. The highest BCUT2D eigenvalue weighted by Gasteiger charge is 2.29. The van der Waals surface area contributed by atoms with E-state index >= 15 is 0 Å². The number of benzene rings is 2. The molecule has 1 aliphatic rings. The number of methoxy groups -OCH3 is 1. The van der Waals surface area contributed by atoms with Crippen LogP contribution in [0.15, 0.2) is 36.4 Å². The summed E-state index contributed by atoms with van der Waals surface area (Å²) in [6.45, 7) is 6.17. The molecule has 1 unspecified atom stereocenters. The minimum atomic E-state index is -0.224. The van der Waals surface area contributed by atoms with E-state index in [-0.39, 0.29) is 12.0 Å². The summed E-state index contributed by atoms with van der Waals surface area (Å²) in [6.07, 6.45) is 3.71. The molecule has 0 aliphatic heterocycles. The lowest BCUT2D eigenvalue weighted by molar-refractivity contribution is 0.412. The van der Waals surface area contributed by atoms with Gasteiger partial charge in [0.1, 0.15) is 5.75 Å². The molecule has 4 rings (SSSR count). The zero-order valence-corrected chi connectivity index (χ0v) is 20.6. The molecule has 0 saturated heterocycles. The highest BCUT2D eigenvalue weighted by atomic mass is 35.5. The smallest absolute Gasteiger partial charge is 0.167 e. The van der Waals surface area contributed by atoms with Gasteiger partial charge in [-0.3, -0.25) is 0 Å². The van der Waals surface area contributed by atoms with Crippen LogP contribution in [0, 0.1) is 38.5 Å². The predicted molar refractivity (Wildman–Crippen MR) is 135 cm³/mol. The molecule has 0 bridgehead atoms. The molecule has 2 aromatic carbocycles. The number of aromatic nitrogens is 1. The van der Waals surface area contributed by atoms with Gasteiger partial charge in [0.15, 0.2) is 5.01 Å². The molecule has 0 radical (unpaired) electrons. The van der Waals surface area contributed by atoms with Crippen molar-refractivity contribution >= 4 is 22.9 Å². The summed E-state index contributed by atoms with van der Waals surface area (Å²) >= 11 is 8.11. The zero-order valence-electron chi connectivity index (χ0n) is 19.0. The van der Waals surface area contributed by atoms with Gasteiger partial charge in [0, 0.05) is 16.4 Å². The normalized spacial score (nSPS) is 15.1. The maximum Gasteiger partial charge on any atom is 0.167 e. The molecule has 32 heavy (non-hydrogen) atoms. The Kier molecular flexibility index (Phi) is 6.90. The van der Waals surface area contributed by atoms with Crippen LogP contribution >= 0.6 is 22.9 Å². The van der Waals surface area contributed by atoms with Crippen LogP contribution in [0.2, 0.25) is 5.02 Å². The van der Waals surface area contributed by atoms with Gasteiger partial charge >= 0.3 is 0 Å². The molecule has 1 fully saturated rings. The molecule has 1 aromatic heterocycles. The molecule has 5 heteroatoms. The Labute approximate surface area is 200 Å². The first kappa shape index (κ1) is 22.9. The number of aryl methyl sites for hydroxylation is 3. The number of nitrogens with two attached hydrogens (primary N) is 1. The zero-order chi connectivity index (χ0) is 22.8. The molecule has 166 valence electrons. The van der Waals surface area contributed by atoms with Crippen LogP contribution in [0.5, 0.6) is 5.75 Å². The fourth-order valence-corrected chi connectivity index (χ4v) is 5.06. The summed E-state index contributed by atoms with van der Waals surface area (Å²) in [4.78, 5) is 5.88. The summed E-state index contributed by atoms with van der Waals surface area (Å²) in [5, 5.41) is 1.40. The number of thiazole rings is 1. The van der Waals surface area contributed by atoms with Gasteiger partial charge in [0.2, 0.25) is 0 Å². The van der Waals surface area contributed by atoms with Gasteiger partial charge in [-0.2, -0.15) is 0 Å². The number of ether oxygens (including phenoxy) is 1. The third kappa shape index (κ3) is 5.18. The number of nitrogens with zero attached hydrogens (tertiary/aromatic N) is 1. The summed E-state index contributed by atoms with van der Waals surface area (Å²) in [5.41, 5.74) is 12.0. The monoisotopic (exact) mass is 464 g/mol.